The van der Waals surface area contributed by atoms with Crippen LogP contribution < -0.4 is 5.69 Å². The molecule has 0 fully saturated rings. The highest BCUT2D eigenvalue weighted by atomic mass is 16.1. The van der Waals surface area contributed by atoms with Gasteiger partial charge in [0.05, 0.1) is 23.0 Å². The summed E-state index contributed by atoms with van der Waals surface area (Å²) in [6.45, 7) is 0. The highest BCUT2D eigenvalue weighted by Crippen LogP contribution is 2.20. The molecule has 0 spiro atoms. The molecule has 0 aliphatic carbocycles. The van der Waals surface area contributed by atoms with E-state index in [4.69, 9.17) is 5.26 Å². The number of nitrogens with zero attached hydrogens (tertiary/aromatic N) is 2. The maximum absolute atomic E-state index is 12.0. The van der Waals surface area contributed by atoms with Gasteiger partial charge in [-0.25, -0.2) is 4.79 Å². The first-order chi connectivity index (χ1) is 9.79. The lowest BCUT2D eigenvalue weighted by atomic mass is 10.1. The minimum atomic E-state index is -0.200. The Bertz CT molecular complexity index is 821. The predicted molar refractivity (Wildman–Crippen MR) is 76.5 cm³/mol. The number of H-pyrrole nitrogens is 1. The second-order valence-corrected chi connectivity index (χ2v) is 4.34. The quantitative estimate of drug-likeness (QED) is 0.771. The van der Waals surface area contributed by atoms with Crippen LogP contribution in [0.5, 0.6) is 0 Å². The van der Waals surface area contributed by atoms with Crippen molar-refractivity contribution in [2.75, 3.05) is 0 Å². The first-order valence-corrected chi connectivity index (χ1v) is 6.16. The zero-order valence-corrected chi connectivity index (χ0v) is 10.6. The summed E-state index contributed by atoms with van der Waals surface area (Å²) < 4.78 is 1.59. The van der Waals surface area contributed by atoms with E-state index in [1.807, 2.05) is 30.3 Å². The largest absolute Gasteiger partial charge is 0.330 e. The van der Waals surface area contributed by atoms with Crippen molar-refractivity contribution >= 4 is 0 Å². The zero-order chi connectivity index (χ0) is 13.9. The van der Waals surface area contributed by atoms with Gasteiger partial charge in [0.15, 0.2) is 0 Å². The molecule has 96 valence electrons. The van der Waals surface area contributed by atoms with Crippen molar-refractivity contribution in [3.8, 4) is 23.0 Å². The minimum absolute atomic E-state index is 0.200. The summed E-state index contributed by atoms with van der Waals surface area (Å²) in [5, 5.41) is 8.82. The van der Waals surface area contributed by atoms with Gasteiger partial charge in [-0.05, 0) is 24.3 Å². The van der Waals surface area contributed by atoms with Crippen LogP contribution in [0, 0.1) is 11.3 Å². The molecule has 0 amide bonds. The second-order valence-electron chi connectivity index (χ2n) is 4.34. The van der Waals surface area contributed by atoms with Crippen molar-refractivity contribution in [2.24, 2.45) is 0 Å². The SMILES string of the molecule is N#Cc1ccc(-n2c(-c3ccccc3)c[nH]c2=O)cc1. The number of nitrogens with one attached hydrogen (secondary N) is 1. The smallest absolute Gasteiger partial charge is 0.312 e. The van der Waals surface area contributed by atoms with Gasteiger partial charge in [0.2, 0.25) is 0 Å². The third-order valence-corrected chi connectivity index (χ3v) is 3.10. The molecule has 20 heavy (non-hydrogen) atoms. The molecule has 0 bridgehead atoms. The fraction of sp³-hybridized carbons (Fsp3) is 0. The van der Waals surface area contributed by atoms with Crippen molar-refractivity contribution in [1.29, 1.82) is 5.26 Å². The van der Waals surface area contributed by atoms with Crippen LogP contribution in [0.25, 0.3) is 16.9 Å². The molecule has 0 radical (unpaired) electrons. The molecule has 0 aliphatic heterocycles. The molecular weight excluding hydrogens is 250 g/mol. The molecule has 1 heterocycles. The number of hydrogen-bond donors (Lipinski definition) is 1. The molecule has 0 saturated carbocycles. The van der Waals surface area contributed by atoms with Crippen LogP contribution in [-0.4, -0.2) is 9.55 Å². The lowest BCUT2D eigenvalue weighted by molar-refractivity contribution is 0.993. The van der Waals surface area contributed by atoms with Crippen molar-refractivity contribution in [1.82, 2.24) is 9.55 Å². The number of benzene rings is 2. The molecule has 0 aliphatic rings. The van der Waals surface area contributed by atoms with Gasteiger partial charge in [-0.1, -0.05) is 30.3 Å². The molecule has 4 heteroatoms. The molecule has 2 aromatic carbocycles. The molecule has 1 N–H and O–H groups in total. The predicted octanol–water partition coefficient (Wildman–Crippen LogP) is 2.70. The van der Waals surface area contributed by atoms with Gasteiger partial charge in [-0.3, -0.25) is 4.57 Å². The maximum atomic E-state index is 12.0. The van der Waals surface area contributed by atoms with E-state index in [-0.39, 0.29) is 5.69 Å². The van der Waals surface area contributed by atoms with Gasteiger partial charge < -0.3 is 4.98 Å². The van der Waals surface area contributed by atoms with E-state index < -0.39 is 0 Å². The lowest BCUT2D eigenvalue weighted by Gasteiger charge is -2.07. The first kappa shape index (κ1) is 12.0. The Morgan fingerprint density at radius 3 is 2.35 bits per heavy atom. The normalized spacial score (nSPS) is 10.2. The molecule has 0 unspecified atom stereocenters. The van der Waals surface area contributed by atoms with Crippen LogP contribution in [0.3, 0.4) is 0 Å². The summed E-state index contributed by atoms with van der Waals surface area (Å²) in [5.74, 6) is 0. The molecule has 3 aromatic rings. The Morgan fingerprint density at radius 1 is 1.00 bits per heavy atom. The van der Waals surface area contributed by atoms with Gasteiger partial charge in [0, 0.05) is 11.8 Å². The standard InChI is InChI=1S/C16H11N3O/c17-10-12-6-8-14(9-7-12)19-15(11-18-16(19)20)13-4-2-1-3-5-13/h1-9,11H,(H,18,20). The Labute approximate surface area is 115 Å². The van der Waals surface area contributed by atoms with E-state index in [0.717, 1.165) is 16.9 Å². The third-order valence-electron chi connectivity index (χ3n) is 3.10. The van der Waals surface area contributed by atoms with Crippen LogP contribution in [0.2, 0.25) is 0 Å². The molecule has 4 nitrogen and oxygen atoms in total. The zero-order valence-electron chi connectivity index (χ0n) is 10.6. The molecular formula is C16H11N3O. The van der Waals surface area contributed by atoms with Gasteiger partial charge in [0.1, 0.15) is 0 Å². The topological polar surface area (TPSA) is 61.6 Å². The van der Waals surface area contributed by atoms with Crippen molar-refractivity contribution < 1.29 is 0 Å². The molecule has 3 rings (SSSR count). The number of imidazole rings is 1. The summed E-state index contributed by atoms with van der Waals surface area (Å²) in [6.07, 6.45) is 1.69. The van der Waals surface area contributed by atoms with E-state index in [1.165, 1.54) is 0 Å². The average molecular weight is 261 g/mol. The van der Waals surface area contributed by atoms with Crippen LogP contribution in [0.1, 0.15) is 5.56 Å². The van der Waals surface area contributed by atoms with Crippen molar-refractivity contribution in [3.05, 3.63) is 76.8 Å². The van der Waals surface area contributed by atoms with Crippen molar-refractivity contribution in [2.45, 2.75) is 0 Å². The third kappa shape index (κ3) is 2.02. The summed E-state index contributed by atoms with van der Waals surface area (Å²) in [4.78, 5) is 14.7. The van der Waals surface area contributed by atoms with Crippen LogP contribution in [0.15, 0.2) is 65.6 Å². The fourth-order valence-corrected chi connectivity index (χ4v) is 2.13. The number of rotatable bonds is 2. The Kier molecular flexibility index (Phi) is 2.94. The van der Waals surface area contributed by atoms with Crippen LogP contribution >= 0.6 is 0 Å². The van der Waals surface area contributed by atoms with Crippen LogP contribution in [0.4, 0.5) is 0 Å². The lowest BCUT2D eigenvalue weighted by Crippen LogP contribution is -2.15. The Morgan fingerprint density at radius 2 is 1.70 bits per heavy atom. The second kappa shape index (κ2) is 4.90. The summed E-state index contributed by atoms with van der Waals surface area (Å²) in [5.41, 5.74) is 2.84. The summed E-state index contributed by atoms with van der Waals surface area (Å²) >= 11 is 0. The Hall–Kier alpha value is -3.06. The van der Waals surface area contributed by atoms with Crippen LogP contribution in [-0.2, 0) is 0 Å². The number of hydrogen-bond acceptors (Lipinski definition) is 2. The van der Waals surface area contributed by atoms with Gasteiger partial charge in [-0.15, -0.1) is 0 Å². The maximum Gasteiger partial charge on any atom is 0.330 e. The first-order valence-electron chi connectivity index (χ1n) is 6.16. The van der Waals surface area contributed by atoms with E-state index in [9.17, 15) is 4.79 Å². The van der Waals surface area contributed by atoms with Gasteiger partial charge in [-0.2, -0.15) is 5.26 Å². The molecule has 1 aromatic heterocycles. The minimum Gasteiger partial charge on any atom is -0.312 e. The van der Waals surface area contributed by atoms with E-state index in [2.05, 4.69) is 11.1 Å². The summed E-state index contributed by atoms with van der Waals surface area (Å²) in [7, 11) is 0. The van der Waals surface area contributed by atoms with Gasteiger partial charge >= 0.3 is 5.69 Å². The van der Waals surface area contributed by atoms with E-state index in [1.54, 1.807) is 35.0 Å². The number of aromatic nitrogens is 2. The van der Waals surface area contributed by atoms with Gasteiger partial charge in [0.25, 0.3) is 0 Å². The Balaban J connectivity index is 2.17. The molecule has 0 saturated heterocycles. The fourth-order valence-electron chi connectivity index (χ4n) is 2.13. The molecule has 0 atom stereocenters. The highest BCUT2D eigenvalue weighted by Gasteiger charge is 2.10. The average Bonchev–Trinajstić information content (AvgIpc) is 2.90. The van der Waals surface area contributed by atoms with Crippen molar-refractivity contribution in [3.63, 3.8) is 0 Å². The monoisotopic (exact) mass is 261 g/mol. The van der Waals surface area contributed by atoms with E-state index >= 15 is 0 Å². The van der Waals surface area contributed by atoms with E-state index in [0.29, 0.717) is 5.56 Å². The highest BCUT2D eigenvalue weighted by molar-refractivity contribution is 5.61. The number of nitriles is 1. The summed E-state index contributed by atoms with van der Waals surface area (Å²) in [6, 6.07) is 18.7. The number of aromatic amines is 1.